The van der Waals surface area contributed by atoms with E-state index in [2.05, 4.69) is 10.4 Å². The van der Waals surface area contributed by atoms with Crippen LogP contribution in [0.1, 0.15) is 22.9 Å². The normalized spacial score (nSPS) is 11.1. The second-order valence-corrected chi connectivity index (χ2v) is 4.42. The van der Waals surface area contributed by atoms with Crippen molar-refractivity contribution < 1.29 is 4.42 Å². The smallest absolute Gasteiger partial charge is 0.125 e. The minimum absolute atomic E-state index is 0.614. The first-order chi connectivity index (χ1) is 8.11. The summed E-state index contributed by atoms with van der Waals surface area (Å²) in [5.74, 6) is 1.81. The van der Waals surface area contributed by atoms with Crippen molar-refractivity contribution in [3.05, 3.63) is 40.1 Å². The van der Waals surface area contributed by atoms with Gasteiger partial charge >= 0.3 is 0 Å². The van der Waals surface area contributed by atoms with Gasteiger partial charge in [-0.2, -0.15) is 5.10 Å². The molecule has 2 aromatic rings. The molecule has 0 fully saturated rings. The largest absolute Gasteiger partial charge is 0.463 e. The number of hydrogen-bond acceptors (Lipinski definition) is 3. The molecule has 4 nitrogen and oxygen atoms in total. The summed E-state index contributed by atoms with van der Waals surface area (Å²) < 4.78 is 7.53. The lowest BCUT2D eigenvalue weighted by Crippen LogP contribution is -2.04. The zero-order valence-electron chi connectivity index (χ0n) is 10.2. The highest BCUT2D eigenvalue weighted by Gasteiger charge is 2.10. The predicted molar refractivity (Wildman–Crippen MR) is 67.3 cm³/mol. The molecule has 0 radical (unpaired) electrons. The van der Waals surface area contributed by atoms with Gasteiger partial charge in [-0.1, -0.05) is 11.6 Å². The highest BCUT2D eigenvalue weighted by molar-refractivity contribution is 6.31. The maximum atomic E-state index is 6.10. The van der Waals surface area contributed by atoms with Gasteiger partial charge in [-0.05, 0) is 33.0 Å². The molecule has 0 saturated heterocycles. The second-order valence-electron chi connectivity index (χ2n) is 4.04. The Kier molecular flexibility index (Phi) is 3.54. The first kappa shape index (κ1) is 12.2. The van der Waals surface area contributed by atoms with Gasteiger partial charge < -0.3 is 9.73 Å². The lowest BCUT2D eigenvalue weighted by Gasteiger charge is -2.01. The first-order valence-electron chi connectivity index (χ1n) is 5.53. The Balaban J connectivity index is 2.16. The number of rotatable bonds is 4. The van der Waals surface area contributed by atoms with E-state index in [1.54, 1.807) is 0 Å². The van der Waals surface area contributed by atoms with E-state index in [1.165, 1.54) is 0 Å². The molecule has 5 heteroatoms. The summed E-state index contributed by atoms with van der Waals surface area (Å²) in [6.45, 7) is 5.21. The SMILES string of the molecule is CNCc1ccc(Cn2nc(C)c(Cl)c2C)o1. The van der Waals surface area contributed by atoms with Gasteiger partial charge in [0, 0.05) is 0 Å². The summed E-state index contributed by atoms with van der Waals surface area (Å²) in [7, 11) is 1.89. The minimum atomic E-state index is 0.614. The maximum Gasteiger partial charge on any atom is 0.125 e. The Morgan fingerprint density at radius 2 is 2.06 bits per heavy atom. The van der Waals surface area contributed by atoms with Gasteiger partial charge in [0.15, 0.2) is 0 Å². The van der Waals surface area contributed by atoms with Crippen LogP contribution in [0, 0.1) is 13.8 Å². The molecule has 0 saturated carbocycles. The van der Waals surface area contributed by atoms with E-state index >= 15 is 0 Å². The van der Waals surface area contributed by atoms with Crippen LogP contribution in [0.3, 0.4) is 0 Å². The second kappa shape index (κ2) is 4.94. The van der Waals surface area contributed by atoms with Crippen molar-refractivity contribution in [1.29, 1.82) is 0 Å². The average molecular weight is 254 g/mol. The summed E-state index contributed by atoms with van der Waals surface area (Å²) in [4.78, 5) is 0. The Hall–Kier alpha value is -1.26. The van der Waals surface area contributed by atoms with E-state index in [4.69, 9.17) is 16.0 Å². The summed E-state index contributed by atoms with van der Waals surface area (Å²) >= 11 is 6.10. The molecule has 0 aliphatic carbocycles. The first-order valence-corrected chi connectivity index (χ1v) is 5.91. The van der Waals surface area contributed by atoms with Crippen molar-refractivity contribution in [2.75, 3.05) is 7.05 Å². The fourth-order valence-electron chi connectivity index (χ4n) is 1.75. The molecule has 0 atom stereocenters. The summed E-state index contributed by atoms with van der Waals surface area (Å²) in [5, 5.41) is 8.15. The molecule has 17 heavy (non-hydrogen) atoms. The van der Waals surface area contributed by atoms with Crippen LogP contribution in [-0.4, -0.2) is 16.8 Å². The Bertz CT molecular complexity index is 516. The van der Waals surface area contributed by atoms with Crippen molar-refractivity contribution in [2.45, 2.75) is 26.9 Å². The van der Waals surface area contributed by atoms with Crippen molar-refractivity contribution in [3.8, 4) is 0 Å². The molecular formula is C12H16ClN3O. The molecular weight excluding hydrogens is 238 g/mol. The third kappa shape index (κ3) is 2.53. The van der Waals surface area contributed by atoms with Crippen LogP contribution in [0.4, 0.5) is 0 Å². The third-order valence-electron chi connectivity index (χ3n) is 2.67. The molecule has 1 N–H and O–H groups in total. The van der Waals surface area contributed by atoms with E-state index < -0.39 is 0 Å². The van der Waals surface area contributed by atoms with Gasteiger partial charge in [-0.3, -0.25) is 4.68 Å². The molecule has 0 aliphatic heterocycles. The van der Waals surface area contributed by atoms with Gasteiger partial charge in [0.1, 0.15) is 11.5 Å². The molecule has 2 rings (SSSR count). The average Bonchev–Trinajstić information content (AvgIpc) is 2.82. The van der Waals surface area contributed by atoms with Gasteiger partial charge in [-0.15, -0.1) is 0 Å². The monoisotopic (exact) mass is 253 g/mol. The predicted octanol–water partition coefficient (Wildman–Crippen LogP) is 2.51. The minimum Gasteiger partial charge on any atom is -0.463 e. The Morgan fingerprint density at radius 1 is 1.35 bits per heavy atom. The Labute approximate surface area is 106 Å². The van der Waals surface area contributed by atoms with E-state index in [9.17, 15) is 0 Å². The molecule has 0 spiro atoms. The van der Waals surface area contributed by atoms with E-state index in [-0.39, 0.29) is 0 Å². The number of nitrogens with one attached hydrogen (secondary N) is 1. The molecule has 2 heterocycles. The van der Waals surface area contributed by atoms with Crippen molar-refractivity contribution >= 4 is 11.6 Å². The summed E-state index contributed by atoms with van der Waals surface area (Å²) in [6.07, 6.45) is 0. The van der Waals surface area contributed by atoms with E-state index in [0.29, 0.717) is 6.54 Å². The van der Waals surface area contributed by atoms with Crippen LogP contribution >= 0.6 is 11.6 Å². The van der Waals surface area contributed by atoms with Gasteiger partial charge in [-0.25, -0.2) is 0 Å². The van der Waals surface area contributed by atoms with Crippen LogP contribution in [0.2, 0.25) is 5.02 Å². The van der Waals surface area contributed by atoms with E-state index in [1.807, 2.05) is 37.7 Å². The standard InChI is InChI=1S/C12H16ClN3O/c1-8-12(13)9(2)16(15-8)7-11-5-4-10(17-11)6-14-3/h4-5,14H,6-7H2,1-3H3. The number of nitrogens with zero attached hydrogens (tertiary/aromatic N) is 2. The van der Waals surface area contributed by atoms with Crippen molar-refractivity contribution in [2.24, 2.45) is 0 Å². The van der Waals surface area contributed by atoms with Crippen molar-refractivity contribution in [3.63, 3.8) is 0 Å². The number of aromatic nitrogens is 2. The summed E-state index contributed by atoms with van der Waals surface area (Å²) in [6, 6.07) is 3.94. The van der Waals surface area contributed by atoms with Crippen LogP contribution in [0.15, 0.2) is 16.5 Å². The summed E-state index contributed by atoms with van der Waals surface area (Å²) in [5.41, 5.74) is 1.82. The number of halogens is 1. The topological polar surface area (TPSA) is 43.0 Å². The molecule has 0 bridgehead atoms. The Morgan fingerprint density at radius 3 is 2.65 bits per heavy atom. The number of furan rings is 1. The maximum absolute atomic E-state index is 6.10. The zero-order valence-corrected chi connectivity index (χ0v) is 11.0. The van der Waals surface area contributed by atoms with E-state index in [0.717, 1.165) is 34.5 Å². The molecule has 0 aromatic carbocycles. The molecule has 0 aliphatic rings. The van der Waals surface area contributed by atoms with Gasteiger partial charge in [0.25, 0.3) is 0 Å². The van der Waals surface area contributed by atoms with Crippen LogP contribution in [0.25, 0.3) is 0 Å². The molecule has 0 amide bonds. The zero-order chi connectivity index (χ0) is 12.4. The third-order valence-corrected chi connectivity index (χ3v) is 3.21. The van der Waals surface area contributed by atoms with Crippen LogP contribution in [-0.2, 0) is 13.1 Å². The van der Waals surface area contributed by atoms with Gasteiger partial charge in [0.05, 0.1) is 29.5 Å². The van der Waals surface area contributed by atoms with Crippen LogP contribution in [0.5, 0.6) is 0 Å². The van der Waals surface area contributed by atoms with Crippen molar-refractivity contribution in [1.82, 2.24) is 15.1 Å². The number of aryl methyl sites for hydroxylation is 1. The number of hydrogen-bond donors (Lipinski definition) is 1. The fraction of sp³-hybridized carbons (Fsp3) is 0.417. The highest BCUT2D eigenvalue weighted by Crippen LogP contribution is 2.20. The molecule has 92 valence electrons. The highest BCUT2D eigenvalue weighted by atomic mass is 35.5. The molecule has 0 unspecified atom stereocenters. The lowest BCUT2D eigenvalue weighted by molar-refractivity contribution is 0.434. The molecule has 2 aromatic heterocycles. The lowest BCUT2D eigenvalue weighted by atomic mass is 10.4. The quantitative estimate of drug-likeness (QED) is 0.911. The van der Waals surface area contributed by atoms with Gasteiger partial charge in [0.2, 0.25) is 0 Å². The van der Waals surface area contributed by atoms with Crippen LogP contribution < -0.4 is 5.32 Å². The fourth-order valence-corrected chi connectivity index (χ4v) is 1.89.